The summed E-state index contributed by atoms with van der Waals surface area (Å²) in [5, 5.41) is 3.53. The topological polar surface area (TPSA) is 21.3 Å². The molecule has 0 aromatic heterocycles. The lowest BCUT2D eigenvalue weighted by atomic mass is 9.96. The van der Waals surface area contributed by atoms with Crippen molar-refractivity contribution in [2.75, 3.05) is 13.2 Å². The predicted octanol–water partition coefficient (Wildman–Crippen LogP) is 3.33. The fourth-order valence-electron chi connectivity index (χ4n) is 2.28. The minimum atomic E-state index is 0.226. The molecule has 0 spiro atoms. The Bertz CT molecular complexity index is 367. The molecule has 2 rings (SSSR count). The highest BCUT2D eigenvalue weighted by molar-refractivity contribution is 5.39. The second kappa shape index (κ2) is 5.09. The Morgan fingerprint density at radius 1 is 1.29 bits per heavy atom. The van der Waals surface area contributed by atoms with E-state index in [0.29, 0.717) is 5.92 Å². The SMILES string of the molecule is CC(C)(C)NCCCC1COc2ccccc21. The van der Waals surface area contributed by atoms with Gasteiger partial charge in [0.15, 0.2) is 0 Å². The van der Waals surface area contributed by atoms with Crippen LogP contribution in [-0.4, -0.2) is 18.7 Å². The van der Waals surface area contributed by atoms with Gasteiger partial charge in [0.1, 0.15) is 5.75 Å². The van der Waals surface area contributed by atoms with Crippen molar-refractivity contribution in [2.24, 2.45) is 0 Å². The molecular formula is C15H23NO. The van der Waals surface area contributed by atoms with Crippen molar-refractivity contribution in [3.8, 4) is 5.75 Å². The van der Waals surface area contributed by atoms with Crippen LogP contribution in [0, 0.1) is 0 Å². The average Bonchev–Trinajstić information content (AvgIpc) is 2.67. The third-order valence-corrected chi connectivity index (χ3v) is 3.18. The van der Waals surface area contributed by atoms with Crippen LogP contribution < -0.4 is 10.1 Å². The summed E-state index contributed by atoms with van der Waals surface area (Å²) in [6, 6.07) is 8.42. The van der Waals surface area contributed by atoms with Crippen LogP contribution in [0.2, 0.25) is 0 Å². The van der Waals surface area contributed by atoms with Crippen molar-refractivity contribution in [1.82, 2.24) is 5.32 Å². The van der Waals surface area contributed by atoms with Crippen molar-refractivity contribution in [3.05, 3.63) is 29.8 Å². The molecule has 1 unspecified atom stereocenters. The molecule has 94 valence electrons. The molecule has 1 aromatic rings. The van der Waals surface area contributed by atoms with Gasteiger partial charge in [0.2, 0.25) is 0 Å². The molecule has 0 saturated heterocycles. The fourth-order valence-corrected chi connectivity index (χ4v) is 2.28. The van der Waals surface area contributed by atoms with Crippen LogP contribution >= 0.6 is 0 Å². The summed E-state index contributed by atoms with van der Waals surface area (Å²) < 4.78 is 5.69. The van der Waals surface area contributed by atoms with Crippen molar-refractivity contribution in [1.29, 1.82) is 0 Å². The summed E-state index contributed by atoms with van der Waals surface area (Å²) in [7, 11) is 0. The van der Waals surface area contributed by atoms with Crippen LogP contribution in [0.4, 0.5) is 0 Å². The number of nitrogens with one attached hydrogen (secondary N) is 1. The van der Waals surface area contributed by atoms with Gasteiger partial charge in [0, 0.05) is 17.0 Å². The van der Waals surface area contributed by atoms with E-state index in [2.05, 4.69) is 44.3 Å². The molecule has 0 amide bonds. The Labute approximate surface area is 104 Å². The van der Waals surface area contributed by atoms with E-state index >= 15 is 0 Å². The molecule has 1 N–H and O–H groups in total. The van der Waals surface area contributed by atoms with Crippen LogP contribution in [0.3, 0.4) is 0 Å². The second-order valence-electron chi connectivity index (χ2n) is 5.86. The first-order valence-electron chi connectivity index (χ1n) is 6.53. The Hall–Kier alpha value is -1.02. The minimum Gasteiger partial charge on any atom is -0.493 e. The molecular weight excluding hydrogens is 210 g/mol. The average molecular weight is 233 g/mol. The predicted molar refractivity (Wildman–Crippen MR) is 71.7 cm³/mol. The maximum Gasteiger partial charge on any atom is 0.122 e. The van der Waals surface area contributed by atoms with E-state index in [-0.39, 0.29) is 5.54 Å². The van der Waals surface area contributed by atoms with Crippen LogP contribution in [0.1, 0.15) is 45.1 Å². The van der Waals surface area contributed by atoms with Gasteiger partial charge >= 0.3 is 0 Å². The van der Waals surface area contributed by atoms with E-state index in [1.807, 2.05) is 6.07 Å². The summed E-state index contributed by atoms with van der Waals surface area (Å²) in [5.41, 5.74) is 1.62. The molecule has 0 radical (unpaired) electrons. The summed E-state index contributed by atoms with van der Waals surface area (Å²) in [5.74, 6) is 1.68. The zero-order valence-electron chi connectivity index (χ0n) is 11.1. The zero-order valence-corrected chi connectivity index (χ0v) is 11.1. The number of benzene rings is 1. The first-order valence-corrected chi connectivity index (χ1v) is 6.53. The molecule has 1 atom stereocenters. The molecule has 1 aromatic carbocycles. The fraction of sp³-hybridized carbons (Fsp3) is 0.600. The van der Waals surface area contributed by atoms with Crippen molar-refractivity contribution < 1.29 is 4.74 Å². The van der Waals surface area contributed by atoms with Gasteiger partial charge in [0.25, 0.3) is 0 Å². The molecule has 1 heterocycles. The molecule has 0 aliphatic carbocycles. The molecule has 0 saturated carbocycles. The summed E-state index contributed by atoms with van der Waals surface area (Å²) in [6.07, 6.45) is 2.42. The van der Waals surface area contributed by atoms with Crippen LogP contribution in [0.25, 0.3) is 0 Å². The number of rotatable bonds is 4. The van der Waals surface area contributed by atoms with Crippen LogP contribution in [0.5, 0.6) is 5.75 Å². The molecule has 0 bridgehead atoms. The van der Waals surface area contributed by atoms with Gasteiger partial charge in [-0.3, -0.25) is 0 Å². The summed E-state index contributed by atoms with van der Waals surface area (Å²) in [4.78, 5) is 0. The number of ether oxygens (including phenoxy) is 1. The highest BCUT2D eigenvalue weighted by Crippen LogP contribution is 2.35. The Morgan fingerprint density at radius 3 is 2.82 bits per heavy atom. The number of hydrogen-bond acceptors (Lipinski definition) is 2. The molecule has 0 fully saturated rings. The molecule has 2 nitrogen and oxygen atoms in total. The lowest BCUT2D eigenvalue weighted by molar-refractivity contribution is 0.320. The highest BCUT2D eigenvalue weighted by atomic mass is 16.5. The monoisotopic (exact) mass is 233 g/mol. The lowest BCUT2D eigenvalue weighted by Crippen LogP contribution is -2.36. The Morgan fingerprint density at radius 2 is 2.06 bits per heavy atom. The van der Waals surface area contributed by atoms with Crippen molar-refractivity contribution in [2.45, 2.75) is 45.1 Å². The summed E-state index contributed by atoms with van der Waals surface area (Å²) in [6.45, 7) is 8.57. The number of fused-ring (bicyclic) bond motifs is 1. The van der Waals surface area contributed by atoms with Gasteiger partial charge in [-0.15, -0.1) is 0 Å². The maximum atomic E-state index is 5.69. The first-order chi connectivity index (χ1) is 8.06. The van der Waals surface area contributed by atoms with Gasteiger partial charge in [-0.1, -0.05) is 18.2 Å². The van der Waals surface area contributed by atoms with Gasteiger partial charge in [-0.05, 0) is 46.2 Å². The zero-order chi connectivity index (χ0) is 12.3. The lowest BCUT2D eigenvalue weighted by Gasteiger charge is -2.20. The summed E-state index contributed by atoms with van der Waals surface area (Å²) >= 11 is 0. The van der Waals surface area contributed by atoms with Gasteiger partial charge in [-0.2, -0.15) is 0 Å². The van der Waals surface area contributed by atoms with Gasteiger partial charge < -0.3 is 10.1 Å². The van der Waals surface area contributed by atoms with E-state index in [1.54, 1.807) is 0 Å². The van der Waals surface area contributed by atoms with Crippen LogP contribution in [-0.2, 0) is 0 Å². The number of hydrogen-bond donors (Lipinski definition) is 1. The molecule has 2 heteroatoms. The molecule has 1 aliphatic heterocycles. The van der Waals surface area contributed by atoms with E-state index < -0.39 is 0 Å². The van der Waals surface area contributed by atoms with Gasteiger partial charge in [-0.25, -0.2) is 0 Å². The van der Waals surface area contributed by atoms with E-state index in [9.17, 15) is 0 Å². The third kappa shape index (κ3) is 3.47. The second-order valence-corrected chi connectivity index (χ2v) is 5.86. The largest absolute Gasteiger partial charge is 0.493 e. The van der Waals surface area contributed by atoms with Crippen LogP contribution in [0.15, 0.2) is 24.3 Å². The number of para-hydroxylation sites is 1. The first kappa shape index (κ1) is 12.4. The van der Waals surface area contributed by atoms with Crippen molar-refractivity contribution in [3.63, 3.8) is 0 Å². The third-order valence-electron chi connectivity index (χ3n) is 3.18. The van der Waals surface area contributed by atoms with Crippen molar-refractivity contribution >= 4 is 0 Å². The minimum absolute atomic E-state index is 0.226. The van der Waals surface area contributed by atoms with E-state index in [0.717, 1.165) is 18.9 Å². The Kier molecular flexibility index (Phi) is 3.72. The normalized spacial score (nSPS) is 18.9. The standard InChI is InChI=1S/C15H23NO/c1-15(2,3)16-10-6-7-12-11-17-14-9-5-4-8-13(12)14/h4-5,8-9,12,16H,6-7,10-11H2,1-3H3. The van der Waals surface area contributed by atoms with Gasteiger partial charge in [0.05, 0.1) is 6.61 Å². The van der Waals surface area contributed by atoms with E-state index in [1.165, 1.54) is 18.4 Å². The smallest absolute Gasteiger partial charge is 0.122 e. The molecule has 17 heavy (non-hydrogen) atoms. The highest BCUT2D eigenvalue weighted by Gasteiger charge is 2.22. The molecule has 1 aliphatic rings. The Balaban J connectivity index is 1.78. The quantitative estimate of drug-likeness (QED) is 0.805. The maximum absolute atomic E-state index is 5.69. The van der Waals surface area contributed by atoms with E-state index in [4.69, 9.17) is 4.74 Å².